The Morgan fingerprint density at radius 3 is 2.80 bits per heavy atom. The SMILES string of the molecule is CS(=O)(=O)NCCC1CCCCN1C(=O)c1cc([N+](=O)[O-])ccc1Cl. The van der Waals surface area contributed by atoms with Crippen LogP contribution in [0.3, 0.4) is 0 Å². The van der Waals surface area contributed by atoms with E-state index in [9.17, 15) is 23.3 Å². The molecule has 25 heavy (non-hydrogen) atoms. The van der Waals surface area contributed by atoms with Crippen LogP contribution in [0.5, 0.6) is 0 Å². The summed E-state index contributed by atoms with van der Waals surface area (Å²) < 4.78 is 24.8. The van der Waals surface area contributed by atoms with Gasteiger partial charge in [0.1, 0.15) is 0 Å². The fourth-order valence-corrected chi connectivity index (χ4v) is 3.61. The number of amides is 1. The van der Waals surface area contributed by atoms with E-state index in [1.807, 2.05) is 0 Å². The van der Waals surface area contributed by atoms with Gasteiger partial charge in [0, 0.05) is 31.3 Å². The second-order valence-corrected chi connectivity index (χ2v) is 8.26. The van der Waals surface area contributed by atoms with Crippen LogP contribution < -0.4 is 4.72 Å². The quantitative estimate of drug-likeness (QED) is 0.592. The second-order valence-electron chi connectivity index (χ2n) is 6.02. The molecule has 0 bridgehead atoms. The van der Waals surface area contributed by atoms with Crippen LogP contribution in [0.25, 0.3) is 0 Å². The maximum absolute atomic E-state index is 12.8. The number of nitrogens with zero attached hydrogens (tertiary/aromatic N) is 2. The lowest BCUT2D eigenvalue weighted by molar-refractivity contribution is -0.384. The first kappa shape index (κ1) is 19.6. The van der Waals surface area contributed by atoms with Gasteiger partial charge in [0.15, 0.2) is 0 Å². The van der Waals surface area contributed by atoms with Gasteiger partial charge in [-0.2, -0.15) is 0 Å². The number of piperidine rings is 1. The van der Waals surface area contributed by atoms with Crippen molar-refractivity contribution in [3.05, 3.63) is 38.9 Å². The van der Waals surface area contributed by atoms with E-state index in [0.717, 1.165) is 25.5 Å². The maximum atomic E-state index is 12.8. The van der Waals surface area contributed by atoms with E-state index in [4.69, 9.17) is 11.6 Å². The smallest absolute Gasteiger partial charge is 0.270 e. The molecule has 1 aliphatic rings. The Balaban J connectivity index is 2.17. The van der Waals surface area contributed by atoms with Gasteiger partial charge >= 0.3 is 0 Å². The summed E-state index contributed by atoms with van der Waals surface area (Å²) in [5, 5.41) is 11.1. The fraction of sp³-hybridized carbons (Fsp3) is 0.533. The molecule has 2 rings (SSSR count). The zero-order valence-corrected chi connectivity index (χ0v) is 15.3. The number of nitro groups is 1. The molecule has 0 spiro atoms. The first-order chi connectivity index (χ1) is 11.7. The third-order valence-corrected chi connectivity index (χ3v) is 5.18. The van der Waals surface area contributed by atoms with Crippen LogP contribution in [0, 0.1) is 10.1 Å². The van der Waals surface area contributed by atoms with Crippen molar-refractivity contribution in [2.45, 2.75) is 31.7 Å². The number of carbonyl (C=O) groups is 1. The predicted octanol–water partition coefficient (Wildman–Crippen LogP) is 2.18. The van der Waals surface area contributed by atoms with Crippen LogP contribution in [0.1, 0.15) is 36.0 Å². The molecule has 0 saturated carbocycles. The van der Waals surface area contributed by atoms with E-state index >= 15 is 0 Å². The Bertz CT molecular complexity index is 768. The topological polar surface area (TPSA) is 110 Å². The third kappa shape index (κ3) is 5.38. The molecule has 8 nitrogen and oxygen atoms in total. The first-order valence-corrected chi connectivity index (χ1v) is 10.2. The highest BCUT2D eigenvalue weighted by atomic mass is 35.5. The lowest BCUT2D eigenvalue weighted by atomic mass is 9.98. The van der Waals surface area contributed by atoms with Gasteiger partial charge in [-0.25, -0.2) is 13.1 Å². The zero-order chi connectivity index (χ0) is 18.6. The van der Waals surface area contributed by atoms with Crippen molar-refractivity contribution in [3.63, 3.8) is 0 Å². The third-order valence-electron chi connectivity index (χ3n) is 4.12. The number of nitro benzene ring substituents is 1. The van der Waals surface area contributed by atoms with Crippen LogP contribution in [0.4, 0.5) is 5.69 Å². The summed E-state index contributed by atoms with van der Waals surface area (Å²) in [6.07, 6.45) is 4.08. The van der Waals surface area contributed by atoms with E-state index in [1.54, 1.807) is 4.90 Å². The zero-order valence-electron chi connectivity index (χ0n) is 13.8. The Morgan fingerprint density at radius 2 is 2.16 bits per heavy atom. The van der Waals surface area contributed by atoms with E-state index in [1.165, 1.54) is 18.2 Å². The van der Waals surface area contributed by atoms with Gasteiger partial charge in [-0.15, -0.1) is 0 Å². The average molecular weight is 390 g/mol. The van der Waals surface area contributed by atoms with Crippen molar-refractivity contribution in [2.75, 3.05) is 19.3 Å². The molecule has 1 N–H and O–H groups in total. The minimum Gasteiger partial charge on any atom is -0.336 e. The number of nitrogens with one attached hydrogen (secondary N) is 1. The van der Waals surface area contributed by atoms with Crippen molar-refractivity contribution >= 4 is 33.2 Å². The van der Waals surface area contributed by atoms with Crippen molar-refractivity contribution in [1.29, 1.82) is 0 Å². The average Bonchev–Trinajstić information content (AvgIpc) is 2.53. The molecule has 1 saturated heterocycles. The van der Waals surface area contributed by atoms with Gasteiger partial charge in [-0.1, -0.05) is 11.6 Å². The van der Waals surface area contributed by atoms with Crippen molar-refractivity contribution in [3.8, 4) is 0 Å². The van der Waals surface area contributed by atoms with Crippen LogP contribution in [-0.4, -0.2) is 49.5 Å². The molecule has 1 aromatic carbocycles. The van der Waals surface area contributed by atoms with Gasteiger partial charge in [0.2, 0.25) is 10.0 Å². The van der Waals surface area contributed by atoms with Gasteiger partial charge in [-0.05, 0) is 31.7 Å². The lowest BCUT2D eigenvalue weighted by Crippen LogP contribution is -2.45. The maximum Gasteiger partial charge on any atom is 0.270 e. The number of rotatable bonds is 6. The van der Waals surface area contributed by atoms with Crippen LogP contribution in [-0.2, 0) is 10.0 Å². The minimum absolute atomic E-state index is 0.0961. The molecule has 1 fully saturated rings. The molecule has 1 aromatic rings. The summed E-state index contributed by atoms with van der Waals surface area (Å²) in [5.41, 5.74) is -0.0982. The van der Waals surface area contributed by atoms with Crippen LogP contribution >= 0.6 is 11.6 Å². The highest BCUT2D eigenvalue weighted by Gasteiger charge is 2.29. The minimum atomic E-state index is -3.29. The fourth-order valence-electron chi connectivity index (χ4n) is 2.92. The molecule has 138 valence electrons. The van der Waals surface area contributed by atoms with E-state index < -0.39 is 14.9 Å². The van der Waals surface area contributed by atoms with E-state index in [0.29, 0.717) is 13.0 Å². The molecular formula is C15H20ClN3O5S. The molecule has 1 aliphatic heterocycles. The number of hydrogen-bond acceptors (Lipinski definition) is 5. The Hall–Kier alpha value is -1.71. The van der Waals surface area contributed by atoms with Gasteiger partial charge in [0.25, 0.3) is 11.6 Å². The standard InChI is InChI=1S/C15H20ClN3O5S/c1-25(23,24)17-8-7-11-4-2-3-9-18(11)15(20)13-10-12(19(21)22)5-6-14(13)16/h5-6,10-11,17H,2-4,7-9H2,1H3. The summed E-state index contributed by atoms with van der Waals surface area (Å²) in [4.78, 5) is 24.8. The van der Waals surface area contributed by atoms with Gasteiger partial charge in [0.05, 0.1) is 21.8 Å². The number of hydrogen-bond donors (Lipinski definition) is 1. The summed E-state index contributed by atoms with van der Waals surface area (Å²) in [6, 6.07) is 3.65. The van der Waals surface area contributed by atoms with Crippen LogP contribution in [0.2, 0.25) is 5.02 Å². The highest BCUT2D eigenvalue weighted by Crippen LogP contribution is 2.27. The molecule has 1 atom stereocenters. The molecule has 1 heterocycles. The summed E-state index contributed by atoms with van der Waals surface area (Å²) in [7, 11) is -3.29. The summed E-state index contributed by atoms with van der Waals surface area (Å²) in [6.45, 7) is 0.747. The highest BCUT2D eigenvalue weighted by molar-refractivity contribution is 7.88. The number of carbonyl (C=O) groups excluding carboxylic acids is 1. The molecule has 1 amide bonds. The number of halogens is 1. The van der Waals surface area contributed by atoms with E-state index in [2.05, 4.69) is 4.72 Å². The second kappa shape index (κ2) is 8.11. The number of non-ortho nitro benzene ring substituents is 1. The predicted molar refractivity (Wildman–Crippen MR) is 94.2 cm³/mol. The summed E-state index contributed by atoms with van der Waals surface area (Å²) in [5.74, 6) is -0.363. The van der Waals surface area contributed by atoms with Gasteiger partial charge < -0.3 is 4.90 Å². The Morgan fingerprint density at radius 1 is 1.44 bits per heavy atom. The molecule has 0 aliphatic carbocycles. The number of likely N-dealkylation sites (tertiary alicyclic amines) is 1. The van der Waals surface area contributed by atoms with E-state index in [-0.39, 0.29) is 34.8 Å². The summed E-state index contributed by atoms with van der Waals surface area (Å²) >= 11 is 6.07. The molecule has 1 unspecified atom stereocenters. The molecule has 0 radical (unpaired) electrons. The van der Waals surface area contributed by atoms with Crippen molar-refractivity contribution in [1.82, 2.24) is 9.62 Å². The number of benzene rings is 1. The monoisotopic (exact) mass is 389 g/mol. The Labute approximate surface area is 151 Å². The molecular weight excluding hydrogens is 370 g/mol. The van der Waals surface area contributed by atoms with Crippen molar-refractivity contribution < 1.29 is 18.1 Å². The largest absolute Gasteiger partial charge is 0.336 e. The number of sulfonamides is 1. The Kier molecular flexibility index (Phi) is 6.36. The molecule has 0 aromatic heterocycles. The van der Waals surface area contributed by atoms with Crippen molar-refractivity contribution in [2.24, 2.45) is 0 Å². The van der Waals surface area contributed by atoms with Crippen LogP contribution in [0.15, 0.2) is 18.2 Å². The van der Waals surface area contributed by atoms with Gasteiger partial charge in [-0.3, -0.25) is 14.9 Å². The normalized spacial score (nSPS) is 18.2. The first-order valence-electron chi connectivity index (χ1n) is 7.88. The molecule has 10 heteroatoms. The lowest BCUT2D eigenvalue weighted by Gasteiger charge is -2.36.